The Morgan fingerprint density at radius 2 is 2.15 bits per heavy atom. The Bertz CT molecular complexity index is 969. The van der Waals surface area contributed by atoms with E-state index in [-0.39, 0.29) is 11.7 Å². The van der Waals surface area contributed by atoms with Gasteiger partial charge in [0.2, 0.25) is 0 Å². The standard InChI is InChI=1S/C20H20N4O3/c1-2-24-17(5-7-22-24)20(26)23-8-9-27-19-16(13-23)10-15(11-18(19)25)14-4-3-6-21-12-14/h3-7,10-12,25H,2,8-9,13H2,1H3. The number of rotatable bonds is 3. The number of pyridine rings is 1. The fourth-order valence-corrected chi connectivity index (χ4v) is 3.30. The topological polar surface area (TPSA) is 80.5 Å². The highest BCUT2D eigenvalue weighted by molar-refractivity contribution is 5.92. The van der Waals surface area contributed by atoms with Crippen LogP contribution in [0.3, 0.4) is 0 Å². The molecule has 0 fully saturated rings. The summed E-state index contributed by atoms with van der Waals surface area (Å²) in [6.07, 6.45) is 5.07. The van der Waals surface area contributed by atoms with Gasteiger partial charge in [-0.25, -0.2) is 0 Å². The van der Waals surface area contributed by atoms with Crippen molar-refractivity contribution in [1.82, 2.24) is 19.7 Å². The zero-order valence-corrected chi connectivity index (χ0v) is 15.0. The summed E-state index contributed by atoms with van der Waals surface area (Å²) >= 11 is 0. The van der Waals surface area contributed by atoms with Gasteiger partial charge in [-0.05, 0) is 36.8 Å². The molecule has 2 aromatic heterocycles. The van der Waals surface area contributed by atoms with E-state index in [0.717, 1.165) is 16.7 Å². The Labute approximate surface area is 156 Å². The molecule has 0 atom stereocenters. The minimum absolute atomic E-state index is 0.0688. The van der Waals surface area contributed by atoms with Crippen molar-refractivity contribution in [2.24, 2.45) is 0 Å². The van der Waals surface area contributed by atoms with Crippen molar-refractivity contribution in [1.29, 1.82) is 0 Å². The van der Waals surface area contributed by atoms with Crippen LogP contribution in [-0.4, -0.2) is 43.8 Å². The first-order valence-electron chi connectivity index (χ1n) is 8.87. The fraction of sp³-hybridized carbons (Fsp3) is 0.250. The van der Waals surface area contributed by atoms with Crippen LogP contribution in [-0.2, 0) is 13.1 Å². The Balaban J connectivity index is 1.69. The minimum atomic E-state index is -0.0999. The first kappa shape index (κ1) is 17.1. The second-order valence-electron chi connectivity index (χ2n) is 6.33. The molecule has 3 heterocycles. The van der Waals surface area contributed by atoms with Gasteiger partial charge in [-0.1, -0.05) is 6.07 Å². The molecule has 7 heteroatoms. The van der Waals surface area contributed by atoms with E-state index in [1.165, 1.54) is 0 Å². The molecule has 138 valence electrons. The molecule has 0 saturated heterocycles. The van der Waals surface area contributed by atoms with Crippen molar-refractivity contribution >= 4 is 5.91 Å². The number of phenols is 1. The number of nitrogens with zero attached hydrogens (tertiary/aromatic N) is 4. The van der Waals surface area contributed by atoms with Crippen LogP contribution in [0.4, 0.5) is 0 Å². The van der Waals surface area contributed by atoms with E-state index in [0.29, 0.717) is 37.7 Å². The molecule has 0 radical (unpaired) electrons. The van der Waals surface area contributed by atoms with Crippen LogP contribution in [0.5, 0.6) is 11.5 Å². The molecular formula is C20H20N4O3. The summed E-state index contributed by atoms with van der Waals surface area (Å²) in [6, 6.07) is 9.10. The summed E-state index contributed by atoms with van der Waals surface area (Å²) in [5, 5.41) is 14.6. The lowest BCUT2D eigenvalue weighted by atomic mass is 10.0. The van der Waals surface area contributed by atoms with Crippen molar-refractivity contribution in [2.45, 2.75) is 20.0 Å². The maximum absolute atomic E-state index is 13.0. The van der Waals surface area contributed by atoms with E-state index in [1.54, 1.807) is 40.3 Å². The number of hydrogen-bond acceptors (Lipinski definition) is 5. The number of aromatic nitrogens is 3. The van der Waals surface area contributed by atoms with E-state index in [2.05, 4.69) is 10.1 Å². The number of aryl methyl sites for hydroxylation is 1. The van der Waals surface area contributed by atoms with E-state index in [9.17, 15) is 9.90 Å². The second kappa shape index (κ2) is 7.11. The molecule has 7 nitrogen and oxygen atoms in total. The van der Waals surface area contributed by atoms with Crippen LogP contribution in [0.15, 0.2) is 48.9 Å². The van der Waals surface area contributed by atoms with Crippen LogP contribution in [0, 0.1) is 0 Å². The molecule has 1 aromatic carbocycles. The fourth-order valence-electron chi connectivity index (χ4n) is 3.30. The third-order valence-electron chi connectivity index (χ3n) is 4.63. The molecule has 4 rings (SSSR count). The number of benzene rings is 1. The first-order valence-corrected chi connectivity index (χ1v) is 8.87. The van der Waals surface area contributed by atoms with Gasteiger partial charge in [0.15, 0.2) is 11.5 Å². The van der Waals surface area contributed by atoms with E-state index in [1.807, 2.05) is 25.1 Å². The number of hydrogen-bond donors (Lipinski definition) is 1. The average molecular weight is 364 g/mol. The van der Waals surface area contributed by atoms with Gasteiger partial charge in [-0.2, -0.15) is 5.10 Å². The maximum atomic E-state index is 13.0. The van der Waals surface area contributed by atoms with Crippen LogP contribution >= 0.6 is 0 Å². The summed E-state index contributed by atoms with van der Waals surface area (Å²) in [6.45, 7) is 3.68. The van der Waals surface area contributed by atoms with Crippen LogP contribution in [0.25, 0.3) is 11.1 Å². The number of fused-ring (bicyclic) bond motifs is 1. The van der Waals surface area contributed by atoms with Gasteiger partial charge in [0, 0.05) is 42.8 Å². The molecule has 0 unspecified atom stereocenters. The number of ether oxygens (including phenoxy) is 1. The number of phenolic OH excluding ortho intramolecular Hbond substituents is 1. The highest BCUT2D eigenvalue weighted by Crippen LogP contribution is 2.37. The summed E-state index contributed by atoms with van der Waals surface area (Å²) < 4.78 is 7.42. The SMILES string of the molecule is CCn1nccc1C(=O)N1CCOc2c(O)cc(-c3cccnc3)cc2C1. The molecule has 0 saturated carbocycles. The minimum Gasteiger partial charge on any atom is -0.504 e. The van der Waals surface area contributed by atoms with Gasteiger partial charge in [0.1, 0.15) is 12.3 Å². The van der Waals surface area contributed by atoms with Gasteiger partial charge >= 0.3 is 0 Å². The van der Waals surface area contributed by atoms with Gasteiger partial charge in [-0.3, -0.25) is 14.5 Å². The zero-order valence-electron chi connectivity index (χ0n) is 15.0. The summed E-state index contributed by atoms with van der Waals surface area (Å²) in [5.41, 5.74) is 3.04. The largest absolute Gasteiger partial charge is 0.504 e. The van der Waals surface area contributed by atoms with Crippen LogP contribution in [0.1, 0.15) is 23.0 Å². The van der Waals surface area contributed by atoms with Gasteiger partial charge < -0.3 is 14.7 Å². The van der Waals surface area contributed by atoms with Gasteiger partial charge in [0.05, 0.1) is 6.54 Å². The quantitative estimate of drug-likeness (QED) is 0.773. The monoisotopic (exact) mass is 364 g/mol. The molecule has 1 amide bonds. The Morgan fingerprint density at radius 3 is 2.93 bits per heavy atom. The summed E-state index contributed by atoms with van der Waals surface area (Å²) in [4.78, 5) is 18.8. The normalized spacial score (nSPS) is 13.6. The second-order valence-corrected chi connectivity index (χ2v) is 6.33. The van der Waals surface area contributed by atoms with Crippen molar-refractivity contribution in [3.8, 4) is 22.6 Å². The van der Waals surface area contributed by atoms with E-state index in [4.69, 9.17) is 4.74 Å². The molecule has 0 aliphatic carbocycles. The highest BCUT2D eigenvalue weighted by Gasteiger charge is 2.25. The molecule has 0 spiro atoms. The van der Waals surface area contributed by atoms with E-state index < -0.39 is 0 Å². The van der Waals surface area contributed by atoms with Gasteiger partial charge in [0.25, 0.3) is 5.91 Å². The zero-order chi connectivity index (χ0) is 18.8. The number of aromatic hydroxyl groups is 1. The lowest BCUT2D eigenvalue weighted by molar-refractivity contribution is 0.0720. The molecule has 27 heavy (non-hydrogen) atoms. The maximum Gasteiger partial charge on any atom is 0.272 e. The van der Waals surface area contributed by atoms with Crippen molar-refractivity contribution in [3.05, 3.63) is 60.2 Å². The molecular weight excluding hydrogens is 344 g/mol. The Hall–Kier alpha value is -3.35. The third-order valence-corrected chi connectivity index (χ3v) is 4.63. The third kappa shape index (κ3) is 3.23. The van der Waals surface area contributed by atoms with Crippen molar-refractivity contribution in [2.75, 3.05) is 13.2 Å². The van der Waals surface area contributed by atoms with Crippen molar-refractivity contribution < 1.29 is 14.6 Å². The molecule has 1 aliphatic rings. The summed E-state index contributed by atoms with van der Waals surface area (Å²) in [5.74, 6) is 0.401. The lowest BCUT2D eigenvalue weighted by Crippen LogP contribution is -2.34. The molecule has 3 aromatic rings. The summed E-state index contributed by atoms with van der Waals surface area (Å²) in [7, 11) is 0. The molecule has 0 bridgehead atoms. The highest BCUT2D eigenvalue weighted by atomic mass is 16.5. The lowest BCUT2D eigenvalue weighted by Gasteiger charge is -2.20. The van der Waals surface area contributed by atoms with Crippen LogP contribution in [0.2, 0.25) is 0 Å². The van der Waals surface area contributed by atoms with E-state index >= 15 is 0 Å². The van der Waals surface area contributed by atoms with Gasteiger partial charge in [-0.15, -0.1) is 0 Å². The number of amides is 1. The Kier molecular flexibility index (Phi) is 4.50. The average Bonchev–Trinajstić information content (AvgIpc) is 3.07. The smallest absolute Gasteiger partial charge is 0.272 e. The number of carbonyl (C=O) groups is 1. The molecule has 1 aliphatic heterocycles. The molecule has 1 N–H and O–H groups in total. The predicted molar refractivity (Wildman–Crippen MR) is 99.5 cm³/mol. The van der Waals surface area contributed by atoms with Crippen LogP contribution < -0.4 is 4.74 Å². The number of carbonyl (C=O) groups excluding carboxylic acids is 1. The first-order chi connectivity index (χ1) is 13.2. The van der Waals surface area contributed by atoms with Crippen molar-refractivity contribution in [3.63, 3.8) is 0 Å². The predicted octanol–water partition coefficient (Wildman–Crippen LogP) is 2.71. The Morgan fingerprint density at radius 1 is 1.26 bits per heavy atom.